The number of aromatic nitrogens is 2. The van der Waals surface area contributed by atoms with Crippen LogP contribution in [0.1, 0.15) is 55.7 Å². The number of nitrogens with zero attached hydrogens (tertiary/aromatic N) is 2. The first-order valence-electron chi connectivity index (χ1n) is 8.16. The number of carbonyl (C=O) groups is 1. The molecule has 21 heavy (non-hydrogen) atoms. The fourth-order valence-corrected chi connectivity index (χ4v) is 3.74. The zero-order chi connectivity index (χ0) is 14.8. The smallest absolute Gasteiger partial charge is 0.306 e. The lowest BCUT2D eigenvalue weighted by atomic mass is 9.86. The third-order valence-corrected chi connectivity index (χ3v) is 5.03. The quantitative estimate of drug-likeness (QED) is 0.893. The summed E-state index contributed by atoms with van der Waals surface area (Å²) >= 11 is 0. The monoisotopic (exact) mass is 291 g/mol. The summed E-state index contributed by atoms with van der Waals surface area (Å²) in [5.74, 6) is 0.369. The zero-order valence-corrected chi connectivity index (χ0v) is 12.8. The van der Waals surface area contributed by atoms with Gasteiger partial charge in [-0.15, -0.1) is 0 Å². The molecule has 0 spiro atoms. The minimum atomic E-state index is -0.632. The van der Waals surface area contributed by atoms with Gasteiger partial charge in [0.25, 0.3) is 0 Å². The molecule has 1 aromatic heterocycles. The summed E-state index contributed by atoms with van der Waals surface area (Å²) in [6.07, 6.45) is 7.19. The van der Waals surface area contributed by atoms with E-state index in [-0.39, 0.29) is 5.92 Å². The summed E-state index contributed by atoms with van der Waals surface area (Å²) in [5, 5.41) is 12.6. The summed E-state index contributed by atoms with van der Waals surface area (Å²) in [7, 11) is 0. The lowest BCUT2D eigenvalue weighted by Gasteiger charge is -2.27. The average Bonchev–Trinajstić information content (AvgIpc) is 2.83. The van der Waals surface area contributed by atoms with Crippen molar-refractivity contribution in [2.24, 2.45) is 5.92 Å². The zero-order valence-electron chi connectivity index (χ0n) is 12.8. The second-order valence-electron chi connectivity index (χ2n) is 6.43. The summed E-state index contributed by atoms with van der Waals surface area (Å²) < 4.78 is 2.36. The van der Waals surface area contributed by atoms with Gasteiger partial charge in [-0.3, -0.25) is 4.79 Å². The number of fused-ring (bicyclic) bond motifs is 1. The molecule has 0 radical (unpaired) electrons. The first-order chi connectivity index (χ1) is 10.1. The van der Waals surface area contributed by atoms with Crippen LogP contribution in [0.15, 0.2) is 0 Å². The molecule has 2 aliphatic rings. The predicted octanol–water partition coefficient (Wildman–Crippen LogP) is 2.26. The third-order valence-electron chi connectivity index (χ3n) is 5.03. The summed E-state index contributed by atoms with van der Waals surface area (Å²) in [6.45, 7) is 4.03. The van der Waals surface area contributed by atoms with Crippen molar-refractivity contribution in [1.82, 2.24) is 14.9 Å². The summed E-state index contributed by atoms with van der Waals surface area (Å²) in [6, 6.07) is 0.446. The van der Waals surface area contributed by atoms with Crippen molar-refractivity contribution >= 4 is 5.97 Å². The molecule has 1 aliphatic heterocycles. The number of hydrogen-bond acceptors (Lipinski definition) is 3. The van der Waals surface area contributed by atoms with Gasteiger partial charge in [-0.2, -0.15) is 0 Å². The molecule has 0 aromatic carbocycles. The van der Waals surface area contributed by atoms with E-state index in [0.717, 1.165) is 51.0 Å². The number of aryl methyl sites for hydroxylation is 1. The molecule has 1 fully saturated rings. The van der Waals surface area contributed by atoms with Crippen LogP contribution in [0.25, 0.3) is 0 Å². The topological polar surface area (TPSA) is 67.2 Å². The van der Waals surface area contributed by atoms with E-state index in [2.05, 4.69) is 16.8 Å². The lowest BCUT2D eigenvalue weighted by molar-refractivity contribution is -0.142. The highest BCUT2D eigenvalue weighted by Gasteiger charge is 2.26. The first-order valence-corrected chi connectivity index (χ1v) is 8.16. The molecule has 1 aliphatic carbocycles. The molecule has 5 heteroatoms. The van der Waals surface area contributed by atoms with E-state index in [1.807, 2.05) is 0 Å². The Kier molecular flexibility index (Phi) is 4.29. The van der Waals surface area contributed by atoms with Crippen molar-refractivity contribution in [3.8, 4) is 0 Å². The van der Waals surface area contributed by atoms with Gasteiger partial charge in [0.1, 0.15) is 5.82 Å². The molecule has 1 aromatic rings. The van der Waals surface area contributed by atoms with Crippen molar-refractivity contribution < 1.29 is 9.90 Å². The van der Waals surface area contributed by atoms with E-state index in [1.165, 1.54) is 24.2 Å². The number of aliphatic carboxylic acids is 1. The number of hydrogen-bond donors (Lipinski definition) is 2. The van der Waals surface area contributed by atoms with Crippen LogP contribution in [0.5, 0.6) is 0 Å². The Hall–Kier alpha value is -1.36. The second kappa shape index (κ2) is 6.18. The average molecular weight is 291 g/mol. The number of imidazole rings is 1. The number of rotatable bonds is 4. The van der Waals surface area contributed by atoms with Crippen molar-refractivity contribution in [2.75, 3.05) is 0 Å². The minimum Gasteiger partial charge on any atom is -0.481 e. The minimum absolute atomic E-state index is 0.134. The Balaban J connectivity index is 1.55. The highest BCUT2D eigenvalue weighted by atomic mass is 16.4. The van der Waals surface area contributed by atoms with Crippen LogP contribution in [0, 0.1) is 12.8 Å². The van der Waals surface area contributed by atoms with Crippen LogP contribution in [-0.2, 0) is 24.3 Å². The summed E-state index contributed by atoms with van der Waals surface area (Å²) in [4.78, 5) is 15.7. The Morgan fingerprint density at radius 1 is 1.33 bits per heavy atom. The summed E-state index contributed by atoms with van der Waals surface area (Å²) in [5.41, 5.74) is 2.61. The van der Waals surface area contributed by atoms with Gasteiger partial charge in [0.2, 0.25) is 0 Å². The van der Waals surface area contributed by atoms with Crippen molar-refractivity contribution in [3.05, 3.63) is 17.2 Å². The van der Waals surface area contributed by atoms with Crippen LogP contribution in [0.4, 0.5) is 0 Å². The maximum absolute atomic E-state index is 11.0. The Labute approximate surface area is 125 Å². The van der Waals surface area contributed by atoms with Crippen molar-refractivity contribution in [2.45, 2.75) is 71.0 Å². The molecule has 2 N–H and O–H groups in total. The largest absolute Gasteiger partial charge is 0.481 e. The first kappa shape index (κ1) is 14.6. The molecule has 0 amide bonds. The van der Waals surface area contributed by atoms with Crippen LogP contribution < -0.4 is 5.32 Å². The van der Waals surface area contributed by atoms with Crippen molar-refractivity contribution in [3.63, 3.8) is 0 Å². The molecule has 0 unspecified atom stereocenters. The van der Waals surface area contributed by atoms with E-state index < -0.39 is 5.97 Å². The van der Waals surface area contributed by atoms with E-state index >= 15 is 0 Å². The maximum atomic E-state index is 11.0. The Morgan fingerprint density at radius 2 is 2.10 bits per heavy atom. The Morgan fingerprint density at radius 3 is 2.81 bits per heavy atom. The van der Waals surface area contributed by atoms with Gasteiger partial charge >= 0.3 is 5.97 Å². The molecule has 116 valence electrons. The van der Waals surface area contributed by atoms with Gasteiger partial charge in [0, 0.05) is 24.8 Å². The van der Waals surface area contributed by atoms with E-state index in [1.54, 1.807) is 0 Å². The van der Waals surface area contributed by atoms with Crippen LogP contribution in [-0.4, -0.2) is 26.7 Å². The van der Waals surface area contributed by atoms with Gasteiger partial charge in [-0.05, 0) is 51.9 Å². The van der Waals surface area contributed by atoms with Gasteiger partial charge in [-0.25, -0.2) is 4.98 Å². The van der Waals surface area contributed by atoms with Crippen LogP contribution >= 0.6 is 0 Å². The molecule has 0 atom stereocenters. The fraction of sp³-hybridized carbons (Fsp3) is 0.750. The second-order valence-corrected chi connectivity index (χ2v) is 6.43. The highest BCUT2D eigenvalue weighted by molar-refractivity contribution is 5.70. The van der Waals surface area contributed by atoms with E-state index in [0.29, 0.717) is 6.04 Å². The van der Waals surface area contributed by atoms with E-state index in [4.69, 9.17) is 10.1 Å². The number of carboxylic acid groups (broad SMARTS) is 1. The van der Waals surface area contributed by atoms with Gasteiger partial charge in [-0.1, -0.05) is 0 Å². The number of carboxylic acids is 1. The number of nitrogens with one attached hydrogen (secondary N) is 1. The molecule has 5 nitrogen and oxygen atoms in total. The molecule has 0 saturated heterocycles. The molecule has 0 bridgehead atoms. The molecule has 1 saturated carbocycles. The SMILES string of the molecule is Cc1nc(CNC2CCC(C(=O)O)CC2)c2n1CCCC2. The van der Waals surface area contributed by atoms with Gasteiger partial charge in [0.15, 0.2) is 0 Å². The molecule has 2 heterocycles. The van der Waals surface area contributed by atoms with Crippen LogP contribution in [0.3, 0.4) is 0 Å². The highest BCUT2D eigenvalue weighted by Crippen LogP contribution is 2.25. The predicted molar refractivity (Wildman–Crippen MR) is 80.1 cm³/mol. The van der Waals surface area contributed by atoms with Gasteiger partial charge in [0.05, 0.1) is 11.6 Å². The fourth-order valence-electron chi connectivity index (χ4n) is 3.74. The molecule has 3 rings (SSSR count). The normalized spacial score (nSPS) is 25.6. The van der Waals surface area contributed by atoms with Crippen molar-refractivity contribution in [1.29, 1.82) is 0 Å². The molecular weight excluding hydrogens is 266 g/mol. The molecular formula is C16H25N3O2. The van der Waals surface area contributed by atoms with Crippen LogP contribution in [0.2, 0.25) is 0 Å². The van der Waals surface area contributed by atoms with E-state index in [9.17, 15) is 4.79 Å². The standard InChI is InChI=1S/C16H25N3O2/c1-11-18-14(15-4-2-3-9-19(11)15)10-17-13-7-5-12(6-8-13)16(20)21/h12-13,17H,2-10H2,1H3,(H,20,21). The van der Waals surface area contributed by atoms with Gasteiger partial charge < -0.3 is 15.0 Å². The Bertz CT molecular complexity index is 516. The maximum Gasteiger partial charge on any atom is 0.306 e. The lowest BCUT2D eigenvalue weighted by Crippen LogP contribution is -2.34. The third kappa shape index (κ3) is 3.12.